The van der Waals surface area contributed by atoms with E-state index in [9.17, 15) is 9.90 Å². The van der Waals surface area contributed by atoms with E-state index in [1.807, 2.05) is 13.8 Å². The summed E-state index contributed by atoms with van der Waals surface area (Å²) in [5.41, 5.74) is 0.430. The lowest BCUT2D eigenvalue weighted by Crippen LogP contribution is -2.25. The van der Waals surface area contributed by atoms with Gasteiger partial charge in [0.1, 0.15) is 12.4 Å². The molecular weight excluding hydrogens is 256 g/mol. The number of carbonyl (C=O) groups excluding carboxylic acids is 1. The number of phenolic OH excluding ortho intramolecular Hbond substituents is 1. The van der Waals surface area contributed by atoms with Crippen LogP contribution in [0.4, 0.5) is 0 Å². The number of ether oxygens (including phenoxy) is 2. The van der Waals surface area contributed by atoms with Crippen LogP contribution in [0.15, 0.2) is 24.3 Å². The lowest BCUT2D eigenvalue weighted by Gasteiger charge is -2.21. The molecular formula is C16H24O4. The zero-order chi connectivity index (χ0) is 15.0. The Kier molecular flexibility index (Phi) is 7.09. The molecule has 2 atom stereocenters. The zero-order valence-electron chi connectivity index (χ0n) is 12.5. The van der Waals surface area contributed by atoms with Crippen molar-refractivity contribution in [3.63, 3.8) is 0 Å². The number of aromatic hydroxyl groups is 1. The van der Waals surface area contributed by atoms with E-state index in [-0.39, 0.29) is 24.6 Å². The first-order chi connectivity index (χ1) is 9.56. The molecule has 112 valence electrons. The van der Waals surface area contributed by atoms with E-state index < -0.39 is 5.97 Å². The molecule has 1 N–H and O–H groups in total. The molecule has 0 aliphatic heterocycles. The molecule has 0 heterocycles. The molecule has 0 radical (unpaired) electrons. The van der Waals surface area contributed by atoms with Gasteiger partial charge < -0.3 is 14.6 Å². The van der Waals surface area contributed by atoms with Crippen LogP contribution in [0, 0.1) is 0 Å². The number of esters is 1. The second-order valence-electron chi connectivity index (χ2n) is 4.91. The Morgan fingerprint density at radius 3 is 2.45 bits per heavy atom. The number of rotatable bonds is 8. The minimum Gasteiger partial charge on any atom is -0.508 e. The standard InChI is InChI=1S/C16H24O4/c1-4-6-12(3)20-15(5-2)11-19-16(18)13-7-9-14(17)10-8-13/h7-10,12,15,17H,4-6,11H2,1-3H3/t12-,15+/m0/s1. The van der Waals surface area contributed by atoms with Crippen LogP contribution in [0.2, 0.25) is 0 Å². The number of phenols is 1. The Hall–Kier alpha value is -1.55. The van der Waals surface area contributed by atoms with E-state index >= 15 is 0 Å². The van der Waals surface area contributed by atoms with Gasteiger partial charge in [-0.15, -0.1) is 0 Å². The highest BCUT2D eigenvalue weighted by Crippen LogP contribution is 2.12. The molecule has 0 amide bonds. The van der Waals surface area contributed by atoms with Crippen LogP contribution in [0.3, 0.4) is 0 Å². The van der Waals surface area contributed by atoms with Crippen molar-refractivity contribution in [2.45, 2.75) is 52.2 Å². The van der Waals surface area contributed by atoms with Crippen molar-refractivity contribution >= 4 is 5.97 Å². The molecule has 0 bridgehead atoms. The van der Waals surface area contributed by atoms with Crippen molar-refractivity contribution in [3.05, 3.63) is 29.8 Å². The number of hydrogen-bond acceptors (Lipinski definition) is 4. The van der Waals surface area contributed by atoms with Gasteiger partial charge in [0.2, 0.25) is 0 Å². The molecule has 1 rings (SSSR count). The molecule has 1 aromatic rings. The van der Waals surface area contributed by atoms with Gasteiger partial charge in [-0.2, -0.15) is 0 Å². The topological polar surface area (TPSA) is 55.8 Å². The summed E-state index contributed by atoms with van der Waals surface area (Å²) in [7, 11) is 0. The first-order valence-corrected chi connectivity index (χ1v) is 7.18. The third kappa shape index (κ3) is 5.61. The van der Waals surface area contributed by atoms with E-state index in [1.165, 1.54) is 12.1 Å². The average molecular weight is 280 g/mol. The summed E-state index contributed by atoms with van der Waals surface area (Å²) in [5, 5.41) is 9.17. The highest BCUT2D eigenvalue weighted by atomic mass is 16.6. The van der Waals surface area contributed by atoms with Gasteiger partial charge in [-0.3, -0.25) is 0 Å². The molecule has 0 fully saturated rings. The largest absolute Gasteiger partial charge is 0.508 e. The van der Waals surface area contributed by atoms with E-state index in [0.717, 1.165) is 19.3 Å². The minimum absolute atomic E-state index is 0.0717. The van der Waals surface area contributed by atoms with Crippen LogP contribution in [0.25, 0.3) is 0 Å². The van der Waals surface area contributed by atoms with E-state index in [0.29, 0.717) is 5.56 Å². The molecule has 0 spiro atoms. The van der Waals surface area contributed by atoms with Crippen molar-refractivity contribution in [1.29, 1.82) is 0 Å². The maximum Gasteiger partial charge on any atom is 0.338 e. The Labute approximate surface area is 120 Å². The minimum atomic E-state index is -0.393. The Balaban J connectivity index is 2.43. The fourth-order valence-electron chi connectivity index (χ4n) is 1.91. The predicted molar refractivity (Wildman–Crippen MR) is 77.9 cm³/mol. The number of hydrogen-bond donors (Lipinski definition) is 1. The van der Waals surface area contributed by atoms with Crippen molar-refractivity contribution in [2.24, 2.45) is 0 Å². The average Bonchev–Trinajstić information content (AvgIpc) is 2.44. The second-order valence-corrected chi connectivity index (χ2v) is 4.91. The molecule has 0 saturated heterocycles. The fourth-order valence-corrected chi connectivity index (χ4v) is 1.91. The predicted octanol–water partition coefficient (Wildman–Crippen LogP) is 3.53. The highest BCUT2D eigenvalue weighted by Gasteiger charge is 2.14. The quantitative estimate of drug-likeness (QED) is 0.740. The molecule has 0 saturated carbocycles. The van der Waals surface area contributed by atoms with Gasteiger partial charge in [0.15, 0.2) is 0 Å². The van der Waals surface area contributed by atoms with Gasteiger partial charge in [0.25, 0.3) is 0 Å². The van der Waals surface area contributed by atoms with Crippen LogP contribution in [-0.2, 0) is 9.47 Å². The normalized spacial score (nSPS) is 13.8. The Morgan fingerprint density at radius 1 is 1.25 bits per heavy atom. The third-order valence-electron chi connectivity index (χ3n) is 3.08. The van der Waals surface area contributed by atoms with Crippen molar-refractivity contribution in [3.8, 4) is 5.75 Å². The first kappa shape index (κ1) is 16.5. The van der Waals surface area contributed by atoms with Gasteiger partial charge >= 0.3 is 5.97 Å². The highest BCUT2D eigenvalue weighted by molar-refractivity contribution is 5.89. The van der Waals surface area contributed by atoms with Crippen molar-refractivity contribution < 1.29 is 19.4 Å². The maximum absolute atomic E-state index is 11.8. The monoisotopic (exact) mass is 280 g/mol. The Morgan fingerprint density at radius 2 is 1.90 bits per heavy atom. The smallest absolute Gasteiger partial charge is 0.338 e. The van der Waals surface area contributed by atoms with Crippen molar-refractivity contribution in [1.82, 2.24) is 0 Å². The molecule has 0 unspecified atom stereocenters. The third-order valence-corrected chi connectivity index (χ3v) is 3.08. The van der Waals surface area contributed by atoms with Gasteiger partial charge in [-0.25, -0.2) is 4.79 Å². The maximum atomic E-state index is 11.8. The fraction of sp³-hybridized carbons (Fsp3) is 0.562. The van der Waals surface area contributed by atoms with E-state index in [1.54, 1.807) is 12.1 Å². The van der Waals surface area contributed by atoms with Crippen LogP contribution >= 0.6 is 0 Å². The molecule has 1 aromatic carbocycles. The molecule has 4 heteroatoms. The summed E-state index contributed by atoms with van der Waals surface area (Å²) in [6, 6.07) is 6.01. The van der Waals surface area contributed by atoms with Gasteiger partial charge in [0.05, 0.1) is 17.8 Å². The van der Waals surface area contributed by atoms with Crippen molar-refractivity contribution in [2.75, 3.05) is 6.61 Å². The van der Waals surface area contributed by atoms with Gasteiger partial charge in [-0.05, 0) is 44.0 Å². The second kappa shape index (κ2) is 8.59. The lowest BCUT2D eigenvalue weighted by atomic mass is 10.2. The first-order valence-electron chi connectivity index (χ1n) is 7.18. The van der Waals surface area contributed by atoms with Crippen LogP contribution < -0.4 is 0 Å². The number of carbonyl (C=O) groups is 1. The van der Waals surface area contributed by atoms with Gasteiger partial charge in [0, 0.05) is 0 Å². The molecule has 0 aliphatic rings. The lowest BCUT2D eigenvalue weighted by molar-refractivity contribution is -0.0444. The van der Waals surface area contributed by atoms with Crippen LogP contribution in [0.5, 0.6) is 5.75 Å². The Bertz CT molecular complexity index is 399. The zero-order valence-corrected chi connectivity index (χ0v) is 12.5. The summed E-state index contributed by atoms with van der Waals surface area (Å²) in [5.74, 6) is -0.264. The summed E-state index contributed by atoms with van der Waals surface area (Å²) < 4.78 is 11.1. The summed E-state index contributed by atoms with van der Waals surface area (Å²) >= 11 is 0. The summed E-state index contributed by atoms with van der Waals surface area (Å²) in [6.07, 6.45) is 2.99. The SMILES string of the molecule is CCC[C@H](C)O[C@H](CC)COC(=O)c1ccc(O)cc1. The molecule has 4 nitrogen and oxygen atoms in total. The number of benzene rings is 1. The summed E-state index contributed by atoms with van der Waals surface area (Å²) in [6.45, 7) is 6.42. The van der Waals surface area contributed by atoms with Gasteiger partial charge in [-0.1, -0.05) is 20.3 Å². The molecule has 0 aliphatic carbocycles. The summed E-state index contributed by atoms with van der Waals surface area (Å²) in [4.78, 5) is 11.8. The van der Waals surface area contributed by atoms with Crippen LogP contribution in [0.1, 0.15) is 50.4 Å². The van der Waals surface area contributed by atoms with E-state index in [4.69, 9.17) is 9.47 Å². The van der Waals surface area contributed by atoms with E-state index in [2.05, 4.69) is 6.92 Å². The molecule has 0 aromatic heterocycles. The van der Waals surface area contributed by atoms with Crippen LogP contribution in [-0.4, -0.2) is 29.9 Å². The molecule has 20 heavy (non-hydrogen) atoms.